The smallest absolute Gasteiger partial charge is 0.267 e. The summed E-state index contributed by atoms with van der Waals surface area (Å²) >= 11 is 0. The van der Waals surface area contributed by atoms with Crippen molar-refractivity contribution in [2.75, 3.05) is 41.8 Å². The van der Waals surface area contributed by atoms with Crippen LogP contribution in [0.15, 0.2) is 53.5 Å². The Balaban J connectivity index is 1.39. The van der Waals surface area contributed by atoms with Gasteiger partial charge in [0.15, 0.2) is 0 Å². The molecule has 4 rings (SSSR count). The van der Waals surface area contributed by atoms with Crippen molar-refractivity contribution in [1.82, 2.24) is 19.7 Å². The van der Waals surface area contributed by atoms with Gasteiger partial charge in [-0.3, -0.25) is 9.59 Å². The summed E-state index contributed by atoms with van der Waals surface area (Å²) < 4.78 is 6.51. The zero-order chi connectivity index (χ0) is 21.6. The first-order chi connectivity index (χ1) is 15.1. The molecule has 1 saturated heterocycles. The quantitative estimate of drug-likeness (QED) is 0.616. The summed E-state index contributed by atoms with van der Waals surface area (Å²) in [4.78, 5) is 35.1. The number of aryl methyl sites for hydroxylation is 1. The fraction of sp³-hybridized carbons (Fsp3) is 0.286. The molecule has 2 N–H and O–H groups in total. The minimum absolute atomic E-state index is 0.152. The lowest BCUT2D eigenvalue weighted by Crippen LogP contribution is -2.36. The normalized spacial score (nSPS) is 13.6. The zero-order valence-corrected chi connectivity index (χ0v) is 17.1. The van der Waals surface area contributed by atoms with E-state index >= 15 is 0 Å². The second-order valence-electron chi connectivity index (χ2n) is 7.06. The van der Waals surface area contributed by atoms with Crippen molar-refractivity contribution in [1.29, 1.82) is 0 Å². The van der Waals surface area contributed by atoms with Gasteiger partial charge in [0.1, 0.15) is 12.4 Å². The predicted molar refractivity (Wildman–Crippen MR) is 117 cm³/mol. The molecule has 160 valence electrons. The van der Waals surface area contributed by atoms with Crippen molar-refractivity contribution in [3.63, 3.8) is 0 Å². The molecule has 0 bridgehead atoms. The van der Waals surface area contributed by atoms with Crippen LogP contribution in [-0.4, -0.2) is 52.0 Å². The average Bonchev–Trinajstić information content (AvgIpc) is 2.77. The maximum absolute atomic E-state index is 12.2. The molecule has 0 aliphatic carbocycles. The molecule has 0 atom stereocenters. The van der Waals surface area contributed by atoms with Crippen LogP contribution in [0.2, 0.25) is 0 Å². The first-order valence-corrected chi connectivity index (χ1v) is 9.94. The van der Waals surface area contributed by atoms with Crippen LogP contribution in [-0.2, 0) is 16.1 Å². The first kappa shape index (κ1) is 20.5. The molecule has 31 heavy (non-hydrogen) atoms. The number of morpholine rings is 1. The van der Waals surface area contributed by atoms with Gasteiger partial charge in [0, 0.05) is 48.5 Å². The highest BCUT2D eigenvalue weighted by Crippen LogP contribution is 2.20. The van der Waals surface area contributed by atoms with Crippen LogP contribution in [0, 0.1) is 6.92 Å². The highest BCUT2D eigenvalue weighted by Gasteiger charge is 2.14. The largest absolute Gasteiger partial charge is 0.378 e. The number of nitrogens with zero attached hydrogens (tertiary/aromatic N) is 5. The van der Waals surface area contributed by atoms with Crippen LogP contribution in [0.25, 0.3) is 0 Å². The van der Waals surface area contributed by atoms with Gasteiger partial charge in [0.05, 0.1) is 13.2 Å². The second-order valence-corrected chi connectivity index (χ2v) is 7.06. The van der Waals surface area contributed by atoms with E-state index in [0.717, 1.165) is 35.0 Å². The Hall–Kier alpha value is -3.79. The summed E-state index contributed by atoms with van der Waals surface area (Å²) in [6.45, 7) is 4.76. The van der Waals surface area contributed by atoms with Crippen molar-refractivity contribution in [3.05, 3.63) is 64.7 Å². The SMILES string of the molecule is Cc1cc(N2CCOCC2)nc(Nc2ccc(NC(=O)Cn3ncccc3=O)cc2)n1. The lowest BCUT2D eigenvalue weighted by atomic mass is 10.2. The highest BCUT2D eigenvalue weighted by atomic mass is 16.5. The number of carbonyl (C=O) groups excluding carboxylic acids is 1. The Morgan fingerprint density at radius 1 is 1.10 bits per heavy atom. The molecule has 1 amide bonds. The minimum atomic E-state index is -0.335. The Bertz CT molecular complexity index is 1110. The van der Waals surface area contributed by atoms with E-state index in [4.69, 9.17) is 4.74 Å². The van der Waals surface area contributed by atoms with Gasteiger partial charge < -0.3 is 20.3 Å². The fourth-order valence-electron chi connectivity index (χ4n) is 3.17. The third-order valence-electron chi connectivity index (χ3n) is 4.68. The monoisotopic (exact) mass is 421 g/mol. The third-order valence-corrected chi connectivity index (χ3v) is 4.68. The molecule has 3 aromatic rings. The molecule has 10 nitrogen and oxygen atoms in total. The van der Waals surface area contributed by atoms with E-state index in [1.165, 1.54) is 18.3 Å². The molecule has 10 heteroatoms. The van der Waals surface area contributed by atoms with Crippen molar-refractivity contribution in [2.45, 2.75) is 13.5 Å². The predicted octanol–water partition coefficient (Wildman–Crippen LogP) is 1.56. The van der Waals surface area contributed by atoms with Crippen LogP contribution in [0.1, 0.15) is 5.69 Å². The van der Waals surface area contributed by atoms with Crippen LogP contribution in [0.5, 0.6) is 0 Å². The van der Waals surface area contributed by atoms with Crippen molar-refractivity contribution in [3.8, 4) is 0 Å². The molecule has 3 heterocycles. The Kier molecular flexibility index (Phi) is 6.18. The number of anilines is 4. The van der Waals surface area contributed by atoms with Crippen molar-refractivity contribution >= 4 is 29.0 Å². The number of hydrogen-bond acceptors (Lipinski definition) is 8. The van der Waals surface area contributed by atoms with E-state index in [1.807, 2.05) is 25.1 Å². The second kappa shape index (κ2) is 9.35. The van der Waals surface area contributed by atoms with E-state index in [0.29, 0.717) is 24.8 Å². The van der Waals surface area contributed by atoms with Crippen LogP contribution >= 0.6 is 0 Å². The summed E-state index contributed by atoms with van der Waals surface area (Å²) in [5.74, 6) is 1.04. The fourth-order valence-corrected chi connectivity index (χ4v) is 3.17. The van der Waals surface area contributed by atoms with E-state index in [-0.39, 0.29) is 18.0 Å². The summed E-state index contributed by atoms with van der Waals surface area (Å²) in [6.07, 6.45) is 1.47. The minimum Gasteiger partial charge on any atom is -0.378 e. The average molecular weight is 421 g/mol. The van der Waals surface area contributed by atoms with Crippen LogP contribution < -0.4 is 21.1 Å². The molecule has 0 saturated carbocycles. The van der Waals surface area contributed by atoms with Gasteiger partial charge in [-0.1, -0.05) is 0 Å². The summed E-state index contributed by atoms with van der Waals surface area (Å²) in [6, 6.07) is 12.0. The molecular weight excluding hydrogens is 398 g/mol. The Morgan fingerprint density at radius 3 is 2.58 bits per heavy atom. The van der Waals surface area contributed by atoms with Crippen LogP contribution in [0.3, 0.4) is 0 Å². The maximum Gasteiger partial charge on any atom is 0.267 e. The van der Waals surface area contributed by atoms with Crippen molar-refractivity contribution in [2.24, 2.45) is 0 Å². The van der Waals surface area contributed by atoms with E-state index < -0.39 is 0 Å². The number of benzene rings is 1. The summed E-state index contributed by atoms with van der Waals surface area (Å²) in [7, 11) is 0. The standard InChI is InChI=1S/C21H23N7O3/c1-15-13-18(27-9-11-31-12-10-27)26-21(23-15)25-17-6-4-16(5-7-17)24-19(29)14-28-20(30)3-2-8-22-28/h2-8,13H,9-12,14H2,1H3,(H,24,29)(H,23,25,26). The Labute approximate surface area is 178 Å². The van der Waals surface area contributed by atoms with Gasteiger partial charge in [-0.2, -0.15) is 10.1 Å². The number of amides is 1. The van der Waals surface area contributed by atoms with E-state index in [9.17, 15) is 9.59 Å². The topological polar surface area (TPSA) is 114 Å². The van der Waals surface area contributed by atoms with Gasteiger partial charge in [0.2, 0.25) is 11.9 Å². The zero-order valence-electron chi connectivity index (χ0n) is 17.1. The van der Waals surface area contributed by atoms with Gasteiger partial charge in [-0.25, -0.2) is 9.67 Å². The molecule has 1 aliphatic rings. The number of ether oxygens (including phenoxy) is 1. The number of nitrogens with one attached hydrogen (secondary N) is 2. The molecule has 0 unspecified atom stereocenters. The Morgan fingerprint density at radius 2 is 1.84 bits per heavy atom. The van der Waals surface area contributed by atoms with Crippen molar-refractivity contribution < 1.29 is 9.53 Å². The number of hydrogen-bond donors (Lipinski definition) is 2. The first-order valence-electron chi connectivity index (χ1n) is 9.94. The molecule has 1 aromatic carbocycles. The molecule has 2 aromatic heterocycles. The van der Waals surface area contributed by atoms with E-state index in [2.05, 4.69) is 30.6 Å². The third kappa shape index (κ3) is 5.43. The van der Waals surface area contributed by atoms with Gasteiger partial charge >= 0.3 is 0 Å². The molecule has 1 fully saturated rings. The summed E-state index contributed by atoms with van der Waals surface area (Å²) in [5, 5.41) is 9.84. The molecule has 0 spiro atoms. The lowest BCUT2D eigenvalue weighted by molar-refractivity contribution is -0.117. The van der Waals surface area contributed by atoms with Gasteiger partial charge in [-0.05, 0) is 37.3 Å². The van der Waals surface area contributed by atoms with Gasteiger partial charge in [-0.15, -0.1) is 0 Å². The van der Waals surface area contributed by atoms with E-state index in [1.54, 1.807) is 12.1 Å². The van der Waals surface area contributed by atoms with Crippen LogP contribution in [0.4, 0.5) is 23.1 Å². The number of carbonyl (C=O) groups is 1. The summed E-state index contributed by atoms with van der Waals surface area (Å²) in [5.41, 5.74) is 1.94. The lowest BCUT2D eigenvalue weighted by Gasteiger charge is -2.28. The highest BCUT2D eigenvalue weighted by molar-refractivity contribution is 5.90. The molecular formula is C21H23N7O3. The molecule has 0 radical (unpaired) electrons. The maximum atomic E-state index is 12.2. The van der Waals surface area contributed by atoms with Gasteiger partial charge in [0.25, 0.3) is 5.56 Å². The molecule has 1 aliphatic heterocycles. The number of rotatable bonds is 6. The number of aromatic nitrogens is 4.